The zero-order chi connectivity index (χ0) is 8.48. The Bertz CT molecular complexity index is 339. The van der Waals surface area contributed by atoms with E-state index in [1.54, 1.807) is 6.20 Å². The molecule has 0 aliphatic rings. The lowest BCUT2D eigenvalue weighted by atomic mass is 10.6. The number of nitrogens with zero attached hydrogens (tertiary/aromatic N) is 1. The second-order valence-electron chi connectivity index (χ2n) is 2.43. The van der Waals surface area contributed by atoms with Crippen LogP contribution in [0.1, 0.15) is 9.88 Å². The van der Waals surface area contributed by atoms with Gasteiger partial charge < -0.3 is 0 Å². The summed E-state index contributed by atoms with van der Waals surface area (Å²) in [6.07, 6.45) is 2.90. The highest BCUT2D eigenvalue weighted by atomic mass is 32.2. The van der Waals surface area contributed by atoms with Gasteiger partial charge in [-0.25, -0.2) is 13.4 Å². The molecule has 11 heavy (non-hydrogen) atoms. The quantitative estimate of drug-likeness (QED) is 0.700. The first-order valence-corrected chi connectivity index (χ1v) is 5.94. The third kappa shape index (κ3) is 2.98. The second kappa shape index (κ2) is 2.91. The molecule has 0 saturated heterocycles. The fourth-order valence-electron chi connectivity index (χ4n) is 0.692. The van der Waals surface area contributed by atoms with E-state index in [-0.39, 0.29) is 5.75 Å². The summed E-state index contributed by atoms with van der Waals surface area (Å²) < 4.78 is 21.6. The molecule has 0 aromatic carbocycles. The van der Waals surface area contributed by atoms with E-state index in [9.17, 15) is 8.42 Å². The van der Waals surface area contributed by atoms with E-state index in [0.29, 0.717) is 5.01 Å². The molecule has 0 fully saturated rings. The summed E-state index contributed by atoms with van der Waals surface area (Å²) >= 11 is 1.42. The van der Waals surface area contributed by atoms with Gasteiger partial charge in [-0.15, -0.1) is 11.3 Å². The third-order valence-corrected chi connectivity index (χ3v) is 2.95. The number of aromatic nitrogens is 1. The molecule has 0 radical (unpaired) electrons. The van der Waals surface area contributed by atoms with Crippen LogP contribution in [0.5, 0.6) is 0 Å². The van der Waals surface area contributed by atoms with Gasteiger partial charge in [0.25, 0.3) is 0 Å². The van der Waals surface area contributed by atoms with Gasteiger partial charge in [-0.2, -0.15) is 0 Å². The van der Waals surface area contributed by atoms with Crippen molar-refractivity contribution in [3.8, 4) is 0 Å². The van der Waals surface area contributed by atoms with Crippen molar-refractivity contribution in [1.29, 1.82) is 0 Å². The highest BCUT2D eigenvalue weighted by Crippen LogP contribution is 2.13. The molecular weight excluding hydrogens is 182 g/mol. The maximum Gasteiger partial charge on any atom is 0.153 e. The molecule has 3 nitrogen and oxygen atoms in total. The predicted molar refractivity (Wildman–Crippen MR) is 45.4 cm³/mol. The Morgan fingerprint density at radius 1 is 1.64 bits per heavy atom. The van der Waals surface area contributed by atoms with Crippen molar-refractivity contribution in [3.05, 3.63) is 16.1 Å². The predicted octanol–water partition coefficient (Wildman–Crippen LogP) is 0.996. The van der Waals surface area contributed by atoms with Crippen LogP contribution < -0.4 is 0 Å². The highest BCUT2D eigenvalue weighted by molar-refractivity contribution is 7.90. The van der Waals surface area contributed by atoms with Gasteiger partial charge in [0.1, 0.15) is 10.8 Å². The Morgan fingerprint density at radius 3 is 2.64 bits per heavy atom. The zero-order valence-corrected chi connectivity index (χ0v) is 8.00. The Balaban J connectivity index is 2.81. The van der Waals surface area contributed by atoms with Crippen molar-refractivity contribution >= 4 is 21.2 Å². The third-order valence-electron chi connectivity index (χ3n) is 1.05. The molecule has 1 aromatic rings. The van der Waals surface area contributed by atoms with Crippen molar-refractivity contribution in [2.24, 2.45) is 0 Å². The Labute approximate surface area is 70.0 Å². The van der Waals surface area contributed by atoms with Crippen LogP contribution in [-0.4, -0.2) is 19.7 Å². The topological polar surface area (TPSA) is 47.0 Å². The first-order valence-electron chi connectivity index (χ1n) is 3.06. The lowest BCUT2D eigenvalue weighted by molar-refractivity contribution is 0.601. The molecule has 0 spiro atoms. The lowest BCUT2D eigenvalue weighted by Gasteiger charge is -1.90. The van der Waals surface area contributed by atoms with Gasteiger partial charge >= 0.3 is 0 Å². The van der Waals surface area contributed by atoms with E-state index in [0.717, 1.165) is 4.88 Å². The van der Waals surface area contributed by atoms with Crippen LogP contribution in [0.4, 0.5) is 0 Å². The minimum absolute atomic E-state index is 0.0610. The number of hydrogen-bond donors (Lipinski definition) is 0. The zero-order valence-electron chi connectivity index (χ0n) is 6.36. The van der Waals surface area contributed by atoms with E-state index in [1.807, 2.05) is 6.92 Å². The van der Waals surface area contributed by atoms with E-state index >= 15 is 0 Å². The molecular formula is C6H9NO2S2. The molecule has 0 aliphatic heterocycles. The minimum atomic E-state index is -2.92. The van der Waals surface area contributed by atoms with E-state index in [4.69, 9.17) is 0 Å². The summed E-state index contributed by atoms with van der Waals surface area (Å²) in [5, 5.41) is 0.671. The molecule has 0 aliphatic carbocycles. The standard InChI is InChI=1S/C6H9NO2S2/c1-5-3-7-6(10-5)4-11(2,8)9/h3H,4H2,1-2H3. The van der Waals surface area contributed by atoms with Gasteiger partial charge in [0.05, 0.1) is 0 Å². The summed E-state index contributed by atoms with van der Waals surface area (Å²) in [7, 11) is -2.92. The Kier molecular flexibility index (Phi) is 2.29. The molecule has 0 bridgehead atoms. The van der Waals surface area contributed by atoms with Gasteiger partial charge in [0, 0.05) is 17.3 Å². The van der Waals surface area contributed by atoms with Crippen molar-refractivity contribution in [1.82, 2.24) is 4.98 Å². The number of aryl methyl sites for hydroxylation is 1. The van der Waals surface area contributed by atoms with Gasteiger partial charge in [0.15, 0.2) is 9.84 Å². The summed E-state index contributed by atoms with van der Waals surface area (Å²) in [6, 6.07) is 0. The molecule has 0 atom stereocenters. The van der Waals surface area contributed by atoms with Crippen LogP contribution in [0.25, 0.3) is 0 Å². The molecule has 1 heterocycles. The molecule has 1 aromatic heterocycles. The van der Waals surface area contributed by atoms with Crippen LogP contribution >= 0.6 is 11.3 Å². The van der Waals surface area contributed by atoms with Gasteiger partial charge in [-0.1, -0.05) is 0 Å². The van der Waals surface area contributed by atoms with Crippen molar-refractivity contribution in [3.63, 3.8) is 0 Å². The largest absolute Gasteiger partial charge is 0.248 e. The molecule has 0 amide bonds. The fourth-order valence-corrected chi connectivity index (χ4v) is 2.68. The van der Waals surface area contributed by atoms with Gasteiger partial charge in [-0.05, 0) is 6.92 Å². The number of rotatable bonds is 2. The second-order valence-corrected chi connectivity index (χ2v) is 5.89. The van der Waals surface area contributed by atoms with Crippen LogP contribution in [0, 0.1) is 6.92 Å². The summed E-state index contributed by atoms with van der Waals surface area (Å²) in [4.78, 5) is 4.99. The van der Waals surface area contributed by atoms with Crippen LogP contribution in [0.2, 0.25) is 0 Å². The summed E-state index contributed by atoms with van der Waals surface area (Å²) in [5.41, 5.74) is 0. The molecule has 1 rings (SSSR count). The van der Waals surface area contributed by atoms with E-state index in [1.165, 1.54) is 17.6 Å². The average Bonchev–Trinajstić information content (AvgIpc) is 2.10. The SMILES string of the molecule is Cc1cnc(CS(C)(=O)=O)s1. The summed E-state index contributed by atoms with van der Waals surface area (Å²) in [6.45, 7) is 1.91. The van der Waals surface area contributed by atoms with Crippen molar-refractivity contribution in [2.45, 2.75) is 12.7 Å². The first kappa shape index (κ1) is 8.67. The van der Waals surface area contributed by atoms with E-state index < -0.39 is 9.84 Å². The normalized spacial score (nSPS) is 11.8. The van der Waals surface area contributed by atoms with Crippen LogP contribution in [0.15, 0.2) is 6.20 Å². The maximum absolute atomic E-state index is 10.8. The molecule has 0 unspecified atom stereocenters. The average molecular weight is 191 g/mol. The molecule has 0 saturated carbocycles. The molecule has 5 heteroatoms. The Hall–Kier alpha value is -0.420. The van der Waals surface area contributed by atoms with Crippen LogP contribution in [-0.2, 0) is 15.6 Å². The number of thiazole rings is 1. The maximum atomic E-state index is 10.8. The minimum Gasteiger partial charge on any atom is -0.248 e. The van der Waals surface area contributed by atoms with E-state index in [2.05, 4.69) is 4.98 Å². The summed E-state index contributed by atoms with van der Waals surface area (Å²) in [5.74, 6) is 0.0610. The fraction of sp³-hybridized carbons (Fsp3) is 0.500. The van der Waals surface area contributed by atoms with Crippen molar-refractivity contribution < 1.29 is 8.42 Å². The number of hydrogen-bond acceptors (Lipinski definition) is 4. The van der Waals surface area contributed by atoms with Crippen LogP contribution in [0.3, 0.4) is 0 Å². The Morgan fingerprint density at radius 2 is 2.27 bits per heavy atom. The molecule has 0 N–H and O–H groups in total. The monoisotopic (exact) mass is 191 g/mol. The van der Waals surface area contributed by atoms with Gasteiger partial charge in [-0.3, -0.25) is 0 Å². The molecule has 62 valence electrons. The van der Waals surface area contributed by atoms with Crippen molar-refractivity contribution in [2.75, 3.05) is 6.26 Å². The highest BCUT2D eigenvalue weighted by Gasteiger charge is 2.06. The van der Waals surface area contributed by atoms with Gasteiger partial charge in [0.2, 0.25) is 0 Å². The number of sulfone groups is 1. The first-order chi connectivity index (χ1) is 4.97. The lowest BCUT2D eigenvalue weighted by Crippen LogP contribution is -1.99. The smallest absolute Gasteiger partial charge is 0.153 e.